The first-order chi connectivity index (χ1) is 8.84. The van der Waals surface area contributed by atoms with E-state index in [1.54, 1.807) is 0 Å². The summed E-state index contributed by atoms with van der Waals surface area (Å²) in [5, 5.41) is 9.60. The summed E-state index contributed by atoms with van der Waals surface area (Å²) < 4.78 is 0. The minimum Gasteiger partial charge on any atom is -0.395 e. The number of aliphatic hydroxyl groups excluding tert-OH is 1. The molecule has 1 aliphatic carbocycles. The van der Waals surface area contributed by atoms with Crippen LogP contribution >= 0.6 is 0 Å². The highest BCUT2D eigenvalue weighted by molar-refractivity contribution is 5.19. The van der Waals surface area contributed by atoms with E-state index in [0.717, 1.165) is 25.8 Å². The minimum absolute atomic E-state index is 0.286. The van der Waals surface area contributed by atoms with Gasteiger partial charge in [0.15, 0.2) is 0 Å². The number of hydrogen-bond donors (Lipinski definition) is 1. The maximum Gasteiger partial charge on any atom is 0.0587 e. The van der Waals surface area contributed by atoms with Crippen molar-refractivity contribution in [3.63, 3.8) is 0 Å². The molecule has 0 amide bonds. The van der Waals surface area contributed by atoms with E-state index in [2.05, 4.69) is 47.4 Å². The monoisotopic (exact) mass is 243 g/mol. The van der Waals surface area contributed by atoms with Gasteiger partial charge in [0.1, 0.15) is 0 Å². The highest BCUT2D eigenvalue weighted by Gasteiger charge is 2.45. The van der Waals surface area contributed by atoms with Crippen LogP contribution in [-0.4, -0.2) is 28.2 Å². The van der Waals surface area contributed by atoms with Gasteiger partial charge in [-0.25, -0.2) is 0 Å². The summed E-state index contributed by atoms with van der Waals surface area (Å²) in [7, 11) is 0. The summed E-state index contributed by atoms with van der Waals surface area (Å²) in [6, 6.07) is 11.0. The highest BCUT2D eigenvalue weighted by atomic mass is 16.3. The Morgan fingerprint density at radius 1 is 1.17 bits per heavy atom. The zero-order chi connectivity index (χ0) is 12.4. The SMILES string of the molecule is OC[C@H]1CCC2(CC=CC2)N1Cc1ccccc1. The van der Waals surface area contributed by atoms with Crippen molar-refractivity contribution in [3.8, 4) is 0 Å². The quantitative estimate of drug-likeness (QED) is 0.825. The molecule has 1 atom stereocenters. The van der Waals surface area contributed by atoms with Gasteiger partial charge in [-0.3, -0.25) is 4.90 Å². The summed E-state index contributed by atoms with van der Waals surface area (Å²) in [5.74, 6) is 0. The molecular weight excluding hydrogens is 222 g/mol. The standard InChI is InChI=1S/C16H21NO/c18-13-15-8-11-16(9-4-5-10-16)17(15)12-14-6-2-1-3-7-14/h1-7,15,18H,8-13H2/t15-/m1/s1. The molecule has 0 saturated carbocycles. The Bertz CT molecular complexity index is 418. The summed E-state index contributed by atoms with van der Waals surface area (Å²) in [6.45, 7) is 1.25. The van der Waals surface area contributed by atoms with E-state index in [4.69, 9.17) is 0 Å². The lowest BCUT2D eigenvalue weighted by Gasteiger charge is -2.38. The fourth-order valence-electron chi connectivity index (χ4n) is 3.52. The van der Waals surface area contributed by atoms with Crippen LogP contribution in [0.1, 0.15) is 31.2 Å². The molecule has 0 aromatic heterocycles. The second-order valence-electron chi connectivity index (χ2n) is 5.59. The van der Waals surface area contributed by atoms with Crippen LogP contribution in [0.25, 0.3) is 0 Å². The predicted octanol–water partition coefficient (Wildman–Crippen LogP) is 2.73. The molecule has 1 saturated heterocycles. The van der Waals surface area contributed by atoms with Crippen molar-refractivity contribution >= 4 is 0 Å². The van der Waals surface area contributed by atoms with E-state index in [0.29, 0.717) is 11.6 Å². The average molecular weight is 243 g/mol. The lowest BCUT2D eigenvalue weighted by molar-refractivity contribution is 0.0674. The van der Waals surface area contributed by atoms with Gasteiger partial charge in [-0.05, 0) is 31.2 Å². The van der Waals surface area contributed by atoms with E-state index in [9.17, 15) is 5.11 Å². The first kappa shape index (κ1) is 11.9. The Morgan fingerprint density at radius 2 is 1.89 bits per heavy atom. The van der Waals surface area contributed by atoms with Crippen molar-refractivity contribution in [3.05, 3.63) is 48.0 Å². The Labute approximate surface area is 109 Å². The molecular formula is C16H21NO. The number of hydrogen-bond acceptors (Lipinski definition) is 2. The van der Waals surface area contributed by atoms with Gasteiger partial charge < -0.3 is 5.11 Å². The van der Waals surface area contributed by atoms with E-state index in [1.807, 2.05) is 0 Å². The molecule has 1 aromatic rings. The third-order valence-corrected chi connectivity index (χ3v) is 4.56. The third-order valence-electron chi connectivity index (χ3n) is 4.56. The molecule has 3 rings (SSSR count). The number of benzene rings is 1. The van der Waals surface area contributed by atoms with Gasteiger partial charge in [-0.1, -0.05) is 42.5 Å². The largest absolute Gasteiger partial charge is 0.395 e. The van der Waals surface area contributed by atoms with Gasteiger partial charge in [0.2, 0.25) is 0 Å². The fourth-order valence-corrected chi connectivity index (χ4v) is 3.52. The van der Waals surface area contributed by atoms with Crippen LogP contribution in [0.15, 0.2) is 42.5 Å². The molecule has 1 N–H and O–H groups in total. The summed E-state index contributed by atoms with van der Waals surface area (Å²) in [5.41, 5.74) is 1.65. The zero-order valence-corrected chi connectivity index (χ0v) is 10.8. The molecule has 2 aliphatic rings. The van der Waals surface area contributed by atoms with Crippen LogP contribution in [0.2, 0.25) is 0 Å². The number of aliphatic hydroxyl groups is 1. The van der Waals surface area contributed by atoms with Crippen LogP contribution in [0.5, 0.6) is 0 Å². The smallest absolute Gasteiger partial charge is 0.0587 e. The van der Waals surface area contributed by atoms with Gasteiger partial charge in [0, 0.05) is 18.1 Å². The van der Waals surface area contributed by atoms with Crippen LogP contribution in [0.3, 0.4) is 0 Å². The fraction of sp³-hybridized carbons (Fsp3) is 0.500. The molecule has 1 fully saturated rings. The van der Waals surface area contributed by atoms with E-state index >= 15 is 0 Å². The van der Waals surface area contributed by atoms with Gasteiger partial charge in [0.25, 0.3) is 0 Å². The molecule has 1 aromatic carbocycles. The number of likely N-dealkylation sites (tertiary alicyclic amines) is 1. The molecule has 18 heavy (non-hydrogen) atoms. The van der Waals surface area contributed by atoms with Crippen molar-refractivity contribution in [2.24, 2.45) is 0 Å². The Hall–Kier alpha value is -1.12. The van der Waals surface area contributed by atoms with Crippen molar-refractivity contribution in [2.45, 2.75) is 43.8 Å². The molecule has 96 valence electrons. The number of nitrogens with zero attached hydrogens (tertiary/aromatic N) is 1. The van der Waals surface area contributed by atoms with E-state index in [-0.39, 0.29) is 6.61 Å². The van der Waals surface area contributed by atoms with Crippen molar-refractivity contribution in [2.75, 3.05) is 6.61 Å². The Kier molecular flexibility index (Phi) is 3.23. The summed E-state index contributed by atoms with van der Waals surface area (Å²) in [6.07, 6.45) is 9.26. The molecule has 0 radical (unpaired) electrons. The predicted molar refractivity (Wildman–Crippen MR) is 73.2 cm³/mol. The minimum atomic E-state index is 0.286. The maximum atomic E-state index is 9.60. The summed E-state index contributed by atoms with van der Waals surface area (Å²) in [4.78, 5) is 2.54. The number of rotatable bonds is 3. The third kappa shape index (κ3) is 2.00. The van der Waals surface area contributed by atoms with Crippen LogP contribution < -0.4 is 0 Å². The second-order valence-corrected chi connectivity index (χ2v) is 5.59. The van der Waals surface area contributed by atoms with E-state index in [1.165, 1.54) is 12.0 Å². The van der Waals surface area contributed by atoms with Crippen molar-refractivity contribution in [1.82, 2.24) is 4.90 Å². The van der Waals surface area contributed by atoms with Crippen molar-refractivity contribution < 1.29 is 5.11 Å². The van der Waals surface area contributed by atoms with Crippen LogP contribution in [0, 0.1) is 0 Å². The second kappa shape index (κ2) is 4.87. The molecule has 2 heteroatoms. The van der Waals surface area contributed by atoms with Gasteiger partial charge in [0.05, 0.1) is 6.61 Å². The first-order valence-electron chi connectivity index (χ1n) is 6.91. The van der Waals surface area contributed by atoms with E-state index < -0.39 is 0 Å². The van der Waals surface area contributed by atoms with Gasteiger partial charge >= 0.3 is 0 Å². The maximum absolute atomic E-state index is 9.60. The van der Waals surface area contributed by atoms with Crippen LogP contribution in [0.4, 0.5) is 0 Å². The topological polar surface area (TPSA) is 23.5 Å². The lowest BCUT2D eigenvalue weighted by Crippen LogP contribution is -2.46. The molecule has 0 unspecified atom stereocenters. The molecule has 1 heterocycles. The van der Waals surface area contributed by atoms with Gasteiger partial charge in [-0.15, -0.1) is 0 Å². The average Bonchev–Trinajstić information content (AvgIpc) is 3.01. The lowest BCUT2D eigenvalue weighted by atomic mass is 9.93. The van der Waals surface area contributed by atoms with Crippen molar-refractivity contribution in [1.29, 1.82) is 0 Å². The molecule has 1 spiro atoms. The summed E-state index contributed by atoms with van der Waals surface area (Å²) >= 11 is 0. The first-order valence-corrected chi connectivity index (χ1v) is 6.91. The zero-order valence-electron chi connectivity index (χ0n) is 10.8. The molecule has 0 bridgehead atoms. The Balaban J connectivity index is 1.81. The molecule has 2 nitrogen and oxygen atoms in total. The molecule has 1 aliphatic heterocycles. The van der Waals surface area contributed by atoms with Crippen LogP contribution in [-0.2, 0) is 6.54 Å². The normalized spacial score (nSPS) is 26.2. The van der Waals surface area contributed by atoms with Gasteiger partial charge in [-0.2, -0.15) is 0 Å². The highest BCUT2D eigenvalue weighted by Crippen LogP contribution is 2.43. The Morgan fingerprint density at radius 3 is 2.56 bits per heavy atom.